The second kappa shape index (κ2) is 4.85. The Morgan fingerprint density at radius 3 is 2.71 bits per heavy atom. The molecule has 1 heterocycles. The first kappa shape index (κ1) is 12.1. The maximum atomic E-state index is 11.8. The van der Waals surface area contributed by atoms with E-state index in [1.807, 2.05) is 0 Å². The molecular formula is C12H12ClNO3. The second-order valence-electron chi connectivity index (χ2n) is 3.85. The van der Waals surface area contributed by atoms with Crippen LogP contribution >= 0.6 is 11.6 Å². The van der Waals surface area contributed by atoms with Gasteiger partial charge >= 0.3 is 0 Å². The number of halogens is 1. The van der Waals surface area contributed by atoms with Crippen molar-refractivity contribution in [1.29, 1.82) is 0 Å². The summed E-state index contributed by atoms with van der Waals surface area (Å²) >= 11 is 5.92. The van der Waals surface area contributed by atoms with Crippen LogP contribution in [0.1, 0.15) is 23.2 Å². The molecule has 0 aromatic heterocycles. The maximum absolute atomic E-state index is 11.8. The molecule has 90 valence electrons. The van der Waals surface area contributed by atoms with E-state index in [1.165, 1.54) is 4.90 Å². The lowest BCUT2D eigenvalue weighted by Gasteiger charge is -2.15. The van der Waals surface area contributed by atoms with Crippen LogP contribution in [0, 0.1) is 0 Å². The number of Topliss-reactive ketones (excluding diaryl/α,β-unsaturated/α-hetero) is 1. The van der Waals surface area contributed by atoms with Crippen molar-refractivity contribution < 1.29 is 14.7 Å². The largest absolute Gasteiger partial charge is 0.396 e. The standard InChI is InChI=1S/C12H12ClNO3/c13-8-4-3-5-9-10(8)11(16)12(17)14(9)6-1-2-7-15/h3-5,15H,1-2,6-7H2. The van der Waals surface area contributed by atoms with Gasteiger partial charge in [0.05, 0.1) is 16.3 Å². The van der Waals surface area contributed by atoms with Crippen LogP contribution < -0.4 is 4.90 Å². The highest BCUT2D eigenvalue weighted by molar-refractivity contribution is 6.55. The van der Waals surface area contributed by atoms with Gasteiger partial charge in [0.1, 0.15) is 0 Å². The Kier molecular flexibility index (Phi) is 3.45. The number of amides is 1. The smallest absolute Gasteiger partial charge is 0.299 e. The first-order valence-electron chi connectivity index (χ1n) is 5.42. The molecule has 17 heavy (non-hydrogen) atoms. The predicted octanol–water partition coefficient (Wildman–Crippen LogP) is 1.64. The molecule has 0 spiro atoms. The fraction of sp³-hybridized carbons (Fsp3) is 0.333. The van der Waals surface area contributed by atoms with Gasteiger partial charge in [0.25, 0.3) is 11.7 Å². The van der Waals surface area contributed by atoms with Crippen LogP contribution in [0.3, 0.4) is 0 Å². The number of nitrogens with zero attached hydrogens (tertiary/aromatic N) is 1. The summed E-state index contributed by atoms with van der Waals surface area (Å²) in [7, 11) is 0. The number of carbonyl (C=O) groups is 2. The van der Waals surface area contributed by atoms with Crippen molar-refractivity contribution in [3.63, 3.8) is 0 Å². The fourth-order valence-electron chi connectivity index (χ4n) is 1.91. The first-order valence-corrected chi connectivity index (χ1v) is 5.80. The predicted molar refractivity (Wildman–Crippen MR) is 64.5 cm³/mol. The number of fused-ring (bicyclic) bond motifs is 1. The Bertz CT molecular complexity index is 473. The van der Waals surface area contributed by atoms with Gasteiger partial charge in [-0.3, -0.25) is 9.59 Å². The van der Waals surface area contributed by atoms with Crippen LogP contribution in [-0.4, -0.2) is 29.9 Å². The normalized spacial score (nSPS) is 14.4. The topological polar surface area (TPSA) is 57.6 Å². The number of aliphatic hydroxyl groups is 1. The number of hydrogen-bond donors (Lipinski definition) is 1. The molecule has 1 aliphatic rings. The highest BCUT2D eigenvalue weighted by Crippen LogP contribution is 2.34. The Balaban J connectivity index is 2.29. The molecule has 0 saturated carbocycles. The van der Waals surface area contributed by atoms with Crippen molar-refractivity contribution in [2.45, 2.75) is 12.8 Å². The minimum absolute atomic E-state index is 0.0817. The van der Waals surface area contributed by atoms with Crippen LogP contribution in [0.25, 0.3) is 0 Å². The highest BCUT2D eigenvalue weighted by atomic mass is 35.5. The number of carbonyl (C=O) groups excluding carboxylic acids is 2. The van der Waals surface area contributed by atoms with E-state index in [2.05, 4.69) is 0 Å². The average Bonchev–Trinajstić information content (AvgIpc) is 2.55. The third kappa shape index (κ3) is 2.06. The van der Waals surface area contributed by atoms with Gasteiger partial charge in [-0.25, -0.2) is 0 Å². The molecule has 1 N–H and O–H groups in total. The zero-order valence-corrected chi connectivity index (χ0v) is 9.91. The molecule has 5 heteroatoms. The summed E-state index contributed by atoms with van der Waals surface area (Å²) in [6.45, 7) is 0.511. The summed E-state index contributed by atoms with van der Waals surface area (Å²) in [6, 6.07) is 5.03. The molecule has 2 rings (SSSR count). The van der Waals surface area contributed by atoms with Gasteiger partial charge in [0.15, 0.2) is 0 Å². The zero-order valence-electron chi connectivity index (χ0n) is 9.15. The molecule has 1 amide bonds. The summed E-state index contributed by atoms with van der Waals surface area (Å²) in [5.74, 6) is -1.08. The van der Waals surface area contributed by atoms with Crippen LogP contribution in [-0.2, 0) is 4.79 Å². The third-order valence-corrected chi connectivity index (χ3v) is 3.05. The van der Waals surface area contributed by atoms with Gasteiger partial charge in [-0.15, -0.1) is 0 Å². The Labute approximate surface area is 104 Å². The summed E-state index contributed by atoms with van der Waals surface area (Å²) in [5, 5.41) is 9.02. The van der Waals surface area contributed by atoms with E-state index in [1.54, 1.807) is 18.2 Å². The van der Waals surface area contributed by atoms with E-state index in [-0.39, 0.29) is 6.61 Å². The monoisotopic (exact) mass is 253 g/mol. The molecule has 0 aliphatic carbocycles. The van der Waals surface area contributed by atoms with E-state index < -0.39 is 11.7 Å². The first-order chi connectivity index (χ1) is 8.16. The minimum atomic E-state index is -0.547. The van der Waals surface area contributed by atoms with Crippen molar-refractivity contribution in [2.75, 3.05) is 18.1 Å². The average molecular weight is 254 g/mol. The maximum Gasteiger partial charge on any atom is 0.299 e. The second-order valence-corrected chi connectivity index (χ2v) is 4.26. The number of hydrogen-bond acceptors (Lipinski definition) is 3. The molecule has 1 aliphatic heterocycles. The molecule has 0 bridgehead atoms. The molecule has 1 aromatic carbocycles. The molecule has 4 nitrogen and oxygen atoms in total. The van der Waals surface area contributed by atoms with Crippen LogP contribution in [0.2, 0.25) is 5.02 Å². The number of anilines is 1. The number of aliphatic hydroxyl groups excluding tert-OH is 1. The molecule has 0 radical (unpaired) electrons. The molecule has 0 atom stereocenters. The molecule has 0 saturated heterocycles. The van der Waals surface area contributed by atoms with Gasteiger partial charge < -0.3 is 10.0 Å². The molecule has 1 aromatic rings. The lowest BCUT2D eigenvalue weighted by Crippen LogP contribution is -2.30. The van der Waals surface area contributed by atoms with Crippen LogP contribution in [0.5, 0.6) is 0 Å². The SMILES string of the molecule is O=C1C(=O)N(CCCCO)c2cccc(Cl)c21. The molecule has 0 fully saturated rings. The fourth-order valence-corrected chi connectivity index (χ4v) is 2.16. The van der Waals surface area contributed by atoms with Gasteiger partial charge in [-0.1, -0.05) is 17.7 Å². The van der Waals surface area contributed by atoms with Crippen molar-refractivity contribution in [3.05, 3.63) is 28.8 Å². The van der Waals surface area contributed by atoms with Crippen molar-refractivity contribution in [2.24, 2.45) is 0 Å². The Morgan fingerprint density at radius 1 is 1.24 bits per heavy atom. The minimum Gasteiger partial charge on any atom is -0.396 e. The molecular weight excluding hydrogens is 242 g/mol. The number of unbranched alkanes of at least 4 members (excludes halogenated alkanes) is 1. The van der Waals surface area contributed by atoms with Gasteiger partial charge in [-0.2, -0.15) is 0 Å². The van der Waals surface area contributed by atoms with E-state index in [0.717, 1.165) is 0 Å². The van der Waals surface area contributed by atoms with Gasteiger partial charge in [0, 0.05) is 13.2 Å². The highest BCUT2D eigenvalue weighted by Gasteiger charge is 2.36. The van der Waals surface area contributed by atoms with Crippen molar-refractivity contribution in [3.8, 4) is 0 Å². The zero-order chi connectivity index (χ0) is 12.4. The Morgan fingerprint density at radius 2 is 2.00 bits per heavy atom. The van der Waals surface area contributed by atoms with Gasteiger partial charge in [-0.05, 0) is 25.0 Å². The van der Waals surface area contributed by atoms with Crippen molar-refractivity contribution >= 4 is 29.0 Å². The molecule has 0 unspecified atom stereocenters. The van der Waals surface area contributed by atoms with E-state index in [0.29, 0.717) is 35.7 Å². The lowest BCUT2D eigenvalue weighted by atomic mass is 10.1. The van der Waals surface area contributed by atoms with E-state index in [9.17, 15) is 9.59 Å². The van der Waals surface area contributed by atoms with E-state index in [4.69, 9.17) is 16.7 Å². The number of rotatable bonds is 4. The van der Waals surface area contributed by atoms with Crippen molar-refractivity contribution in [1.82, 2.24) is 0 Å². The number of ketones is 1. The summed E-state index contributed by atoms with van der Waals surface area (Å²) in [5.41, 5.74) is 0.869. The van der Waals surface area contributed by atoms with Gasteiger partial charge in [0.2, 0.25) is 0 Å². The summed E-state index contributed by atoms with van der Waals surface area (Å²) < 4.78 is 0. The quantitative estimate of drug-likeness (QED) is 0.656. The van der Waals surface area contributed by atoms with E-state index >= 15 is 0 Å². The lowest BCUT2D eigenvalue weighted by molar-refractivity contribution is -0.114. The third-order valence-electron chi connectivity index (χ3n) is 2.74. The van der Waals surface area contributed by atoms with Crippen LogP contribution in [0.15, 0.2) is 18.2 Å². The van der Waals surface area contributed by atoms with Crippen LogP contribution in [0.4, 0.5) is 5.69 Å². The summed E-state index contributed by atoms with van der Waals surface area (Å²) in [6.07, 6.45) is 1.26. The number of benzene rings is 1. The Hall–Kier alpha value is -1.39. The summed E-state index contributed by atoms with van der Waals surface area (Å²) in [4.78, 5) is 24.9.